The zero-order valence-corrected chi connectivity index (χ0v) is 15.2. The molecule has 2 N–H and O–H groups in total. The van der Waals surface area contributed by atoms with Crippen molar-refractivity contribution in [3.05, 3.63) is 41.7 Å². The Hall–Kier alpha value is -2.67. The van der Waals surface area contributed by atoms with Gasteiger partial charge in [0.25, 0.3) is 0 Å². The Morgan fingerprint density at radius 3 is 2.52 bits per heavy atom. The fourth-order valence-corrected chi connectivity index (χ4v) is 2.42. The van der Waals surface area contributed by atoms with E-state index in [2.05, 4.69) is 15.7 Å². The minimum atomic E-state index is -0.125. The van der Waals surface area contributed by atoms with Crippen LogP contribution in [-0.2, 0) is 23.1 Å². The molecule has 7 nitrogen and oxygen atoms in total. The van der Waals surface area contributed by atoms with Crippen LogP contribution >= 0.6 is 0 Å². The molecule has 0 bridgehead atoms. The van der Waals surface area contributed by atoms with Gasteiger partial charge in [0.1, 0.15) is 0 Å². The third-order valence-corrected chi connectivity index (χ3v) is 3.58. The average molecular weight is 343 g/mol. The van der Waals surface area contributed by atoms with Crippen molar-refractivity contribution in [3.63, 3.8) is 0 Å². The van der Waals surface area contributed by atoms with E-state index in [1.807, 2.05) is 46.4 Å². The molecule has 25 heavy (non-hydrogen) atoms. The zero-order valence-electron chi connectivity index (χ0n) is 15.2. The second kappa shape index (κ2) is 8.43. The minimum absolute atomic E-state index is 0.0995. The first-order chi connectivity index (χ1) is 11.8. The highest BCUT2D eigenvalue weighted by Gasteiger charge is 2.11. The number of nitrogens with one attached hydrogen (secondary N) is 2. The number of anilines is 2. The van der Waals surface area contributed by atoms with E-state index in [4.69, 9.17) is 0 Å². The number of rotatable bonds is 7. The number of aromatic nitrogens is 2. The van der Waals surface area contributed by atoms with E-state index < -0.39 is 0 Å². The molecule has 134 valence electrons. The maximum atomic E-state index is 12.3. The normalized spacial score (nSPS) is 10.8. The molecule has 0 saturated heterocycles. The van der Waals surface area contributed by atoms with Crippen LogP contribution in [0, 0.1) is 6.92 Å². The topological polar surface area (TPSA) is 79.3 Å². The second-order valence-electron chi connectivity index (χ2n) is 6.41. The molecule has 1 aromatic carbocycles. The molecule has 1 heterocycles. The fourth-order valence-electron chi connectivity index (χ4n) is 2.42. The highest BCUT2D eigenvalue weighted by atomic mass is 16.2. The van der Waals surface area contributed by atoms with Gasteiger partial charge in [-0.15, -0.1) is 0 Å². The molecule has 0 saturated carbocycles. The number of hydrogen-bond donors (Lipinski definition) is 2. The molecule has 0 aliphatic heterocycles. The Bertz CT molecular complexity index is 752. The molecule has 0 aliphatic carbocycles. The Kier molecular flexibility index (Phi) is 6.30. The van der Waals surface area contributed by atoms with Crippen LogP contribution in [0.2, 0.25) is 0 Å². The van der Waals surface area contributed by atoms with Crippen LogP contribution in [-0.4, -0.2) is 47.1 Å². The number of likely N-dealkylation sites (N-methyl/N-ethyl adjacent to an activating group) is 1. The molecule has 0 aliphatic rings. The molecule has 0 fully saturated rings. The Morgan fingerprint density at radius 2 is 1.88 bits per heavy atom. The van der Waals surface area contributed by atoms with Crippen molar-refractivity contribution in [2.24, 2.45) is 7.05 Å². The predicted octanol–water partition coefficient (Wildman–Crippen LogP) is 1.80. The molecule has 2 aromatic rings. The van der Waals surface area contributed by atoms with Crippen LogP contribution in [0.1, 0.15) is 17.5 Å². The summed E-state index contributed by atoms with van der Waals surface area (Å²) < 4.78 is 1.71. The minimum Gasteiger partial charge on any atom is -0.324 e. The van der Waals surface area contributed by atoms with Crippen molar-refractivity contribution in [1.82, 2.24) is 14.7 Å². The number of carbonyl (C=O) groups excluding carboxylic acids is 2. The maximum Gasteiger partial charge on any atom is 0.238 e. The van der Waals surface area contributed by atoms with Gasteiger partial charge >= 0.3 is 0 Å². The van der Waals surface area contributed by atoms with E-state index in [1.165, 1.54) is 0 Å². The van der Waals surface area contributed by atoms with Crippen molar-refractivity contribution >= 4 is 23.2 Å². The van der Waals surface area contributed by atoms with E-state index in [9.17, 15) is 9.59 Å². The summed E-state index contributed by atoms with van der Waals surface area (Å²) in [6.07, 6.45) is 4.62. The van der Waals surface area contributed by atoms with Crippen LogP contribution in [0.4, 0.5) is 11.4 Å². The van der Waals surface area contributed by atoms with Gasteiger partial charge in [-0.25, -0.2) is 0 Å². The van der Waals surface area contributed by atoms with Gasteiger partial charge in [-0.05, 0) is 50.7 Å². The highest BCUT2D eigenvalue weighted by molar-refractivity contribution is 6.00. The van der Waals surface area contributed by atoms with Gasteiger partial charge in [0.2, 0.25) is 11.8 Å². The van der Waals surface area contributed by atoms with E-state index in [0.717, 1.165) is 11.1 Å². The fraction of sp³-hybridized carbons (Fsp3) is 0.389. The first-order valence-electron chi connectivity index (χ1n) is 8.16. The first-order valence-corrected chi connectivity index (χ1v) is 8.16. The Balaban J connectivity index is 2.00. The lowest BCUT2D eigenvalue weighted by Crippen LogP contribution is -2.27. The standard InChI is InChI=1S/C18H25N5O2/c1-13-5-7-15(20-18(25)12-22(2)3)16(9-13)21-17(24)8-6-14-10-19-23(4)11-14/h5,7,9-11H,6,8,12H2,1-4H3,(H,20,25)(H,21,24). The molecule has 0 radical (unpaired) electrons. The summed E-state index contributed by atoms with van der Waals surface area (Å²) in [6.45, 7) is 2.22. The van der Waals surface area contributed by atoms with E-state index >= 15 is 0 Å². The van der Waals surface area contributed by atoms with Crippen molar-refractivity contribution in [2.45, 2.75) is 19.8 Å². The van der Waals surface area contributed by atoms with E-state index in [-0.39, 0.29) is 18.4 Å². The molecule has 2 amide bonds. The number of hydrogen-bond acceptors (Lipinski definition) is 4. The zero-order chi connectivity index (χ0) is 18.4. The number of nitrogens with zero attached hydrogens (tertiary/aromatic N) is 3. The number of aryl methyl sites for hydroxylation is 3. The molecule has 0 spiro atoms. The second-order valence-corrected chi connectivity index (χ2v) is 6.41. The van der Waals surface area contributed by atoms with Gasteiger partial charge < -0.3 is 15.5 Å². The summed E-state index contributed by atoms with van der Waals surface area (Å²) in [5, 5.41) is 9.83. The average Bonchev–Trinajstić information content (AvgIpc) is 2.93. The van der Waals surface area contributed by atoms with Crippen molar-refractivity contribution in [2.75, 3.05) is 31.3 Å². The lowest BCUT2D eigenvalue weighted by Gasteiger charge is -2.15. The third-order valence-electron chi connectivity index (χ3n) is 3.58. The van der Waals surface area contributed by atoms with Crippen LogP contribution in [0.5, 0.6) is 0 Å². The largest absolute Gasteiger partial charge is 0.324 e. The van der Waals surface area contributed by atoms with Crippen LogP contribution in [0.15, 0.2) is 30.6 Å². The Morgan fingerprint density at radius 1 is 1.16 bits per heavy atom. The summed E-state index contributed by atoms with van der Waals surface area (Å²) in [5.74, 6) is -0.225. The predicted molar refractivity (Wildman–Crippen MR) is 98.5 cm³/mol. The van der Waals surface area contributed by atoms with Crippen LogP contribution < -0.4 is 10.6 Å². The van der Waals surface area contributed by atoms with E-state index in [0.29, 0.717) is 24.2 Å². The third kappa shape index (κ3) is 6.04. The summed E-state index contributed by atoms with van der Waals surface area (Å²) in [5.41, 5.74) is 3.24. The van der Waals surface area contributed by atoms with Gasteiger partial charge in [-0.1, -0.05) is 6.07 Å². The van der Waals surface area contributed by atoms with Crippen LogP contribution in [0.3, 0.4) is 0 Å². The first kappa shape index (κ1) is 18.7. The van der Waals surface area contributed by atoms with Gasteiger partial charge in [0.05, 0.1) is 24.1 Å². The molecular weight excluding hydrogens is 318 g/mol. The lowest BCUT2D eigenvalue weighted by molar-refractivity contribution is -0.117. The molecule has 1 aromatic heterocycles. The molecule has 0 atom stereocenters. The van der Waals surface area contributed by atoms with Gasteiger partial charge in [-0.2, -0.15) is 5.10 Å². The molecule has 0 unspecified atom stereocenters. The number of carbonyl (C=O) groups is 2. The summed E-state index contributed by atoms with van der Waals surface area (Å²) in [7, 11) is 5.50. The smallest absolute Gasteiger partial charge is 0.238 e. The van der Waals surface area contributed by atoms with Gasteiger partial charge in [0.15, 0.2) is 0 Å². The van der Waals surface area contributed by atoms with E-state index in [1.54, 1.807) is 21.8 Å². The summed E-state index contributed by atoms with van der Waals surface area (Å²) in [6, 6.07) is 5.56. The van der Waals surface area contributed by atoms with Crippen LogP contribution in [0.25, 0.3) is 0 Å². The molecule has 7 heteroatoms. The summed E-state index contributed by atoms with van der Waals surface area (Å²) >= 11 is 0. The monoisotopic (exact) mass is 343 g/mol. The SMILES string of the molecule is Cc1ccc(NC(=O)CN(C)C)c(NC(=O)CCc2cnn(C)c2)c1. The number of benzene rings is 1. The highest BCUT2D eigenvalue weighted by Crippen LogP contribution is 2.23. The van der Waals surface area contributed by atoms with Gasteiger partial charge in [-0.3, -0.25) is 14.3 Å². The summed E-state index contributed by atoms with van der Waals surface area (Å²) in [4.78, 5) is 26.0. The maximum absolute atomic E-state index is 12.3. The number of amides is 2. The van der Waals surface area contributed by atoms with Crippen molar-refractivity contribution < 1.29 is 9.59 Å². The molecular formula is C18H25N5O2. The quantitative estimate of drug-likeness (QED) is 0.803. The lowest BCUT2D eigenvalue weighted by atomic mass is 10.1. The molecule has 2 rings (SSSR count). The van der Waals surface area contributed by atoms with Gasteiger partial charge in [0, 0.05) is 19.7 Å². The van der Waals surface area contributed by atoms with Crippen molar-refractivity contribution in [3.8, 4) is 0 Å². The Labute approximate surface area is 148 Å². The van der Waals surface area contributed by atoms with Crippen molar-refractivity contribution in [1.29, 1.82) is 0 Å².